The first-order valence-corrected chi connectivity index (χ1v) is 7.28. The van der Waals surface area contributed by atoms with Crippen LogP contribution in [0.4, 0.5) is 0 Å². The van der Waals surface area contributed by atoms with Crippen LogP contribution in [0.1, 0.15) is 23.1 Å². The summed E-state index contributed by atoms with van der Waals surface area (Å²) in [5.41, 5.74) is 3.91. The van der Waals surface area contributed by atoms with E-state index >= 15 is 0 Å². The highest BCUT2D eigenvalue weighted by atomic mass is 16.5. The number of nitrogens with one attached hydrogen (secondary N) is 1. The van der Waals surface area contributed by atoms with E-state index in [2.05, 4.69) is 36.2 Å². The Morgan fingerprint density at radius 3 is 2.84 bits per heavy atom. The van der Waals surface area contributed by atoms with E-state index < -0.39 is 0 Å². The van der Waals surface area contributed by atoms with Gasteiger partial charge in [0, 0.05) is 19.6 Å². The van der Waals surface area contributed by atoms with Gasteiger partial charge in [-0.3, -0.25) is 0 Å². The van der Waals surface area contributed by atoms with E-state index in [-0.39, 0.29) is 0 Å². The first-order valence-electron chi connectivity index (χ1n) is 7.28. The minimum absolute atomic E-state index is 1.07. The molecule has 3 nitrogen and oxygen atoms in total. The maximum Gasteiger partial charge on any atom is 0.125 e. The fourth-order valence-electron chi connectivity index (χ4n) is 2.92. The van der Waals surface area contributed by atoms with E-state index in [0.29, 0.717) is 0 Å². The highest BCUT2D eigenvalue weighted by Gasteiger charge is 2.11. The molecule has 0 amide bonds. The van der Waals surface area contributed by atoms with Gasteiger partial charge in [0.2, 0.25) is 0 Å². The fourth-order valence-corrected chi connectivity index (χ4v) is 2.92. The van der Waals surface area contributed by atoms with E-state index in [1.165, 1.54) is 29.7 Å². The van der Waals surface area contributed by atoms with Crippen molar-refractivity contribution in [3.63, 3.8) is 0 Å². The number of hydrogen-bond acceptors (Lipinski definition) is 3. The molecule has 1 aliphatic heterocycles. The smallest absolute Gasteiger partial charge is 0.125 e. The second-order valence-electron chi connectivity index (χ2n) is 5.47. The summed E-state index contributed by atoms with van der Waals surface area (Å²) < 4.78 is 5.56. The Balaban J connectivity index is 2.01. The molecule has 3 heteroatoms. The molecule has 1 aromatic carbocycles. The van der Waals surface area contributed by atoms with Crippen molar-refractivity contribution in [3.05, 3.63) is 28.8 Å². The van der Waals surface area contributed by atoms with Gasteiger partial charge in [0.05, 0.1) is 7.11 Å². The Kier molecular flexibility index (Phi) is 5.23. The lowest BCUT2D eigenvalue weighted by Gasteiger charge is -2.20. The summed E-state index contributed by atoms with van der Waals surface area (Å²) in [6.07, 6.45) is 2.33. The van der Waals surface area contributed by atoms with Gasteiger partial charge in [-0.15, -0.1) is 0 Å². The van der Waals surface area contributed by atoms with Gasteiger partial charge in [-0.05, 0) is 50.9 Å². The molecule has 0 bridgehead atoms. The van der Waals surface area contributed by atoms with Gasteiger partial charge in [0.1, 0.15) is 5.75 Å². The van der Waals surface area contributed by atoms with Gasteiger partial charge in [-0.2, -0.15) is 0 Å². The summed E-state index contributed by atoms with van der Waals surface area (Å²) in [6, 6.07) is 4.46. The quantitative estimate of drug-likeness (QED) is 0.900. The van der Waals surface area contributed by atoms with Crippen molar-refractivity contribution in [2.45, 2.75) is 26.7 Å². The van der Waals surface area contributed by atoms with Crippen molar-refractivity contribution in [3.8, 4) is 5.75 Å². The lowest BCUT2D eigenvalue weighted by atomic mass is 10.0. The van der Waals surface area contributed by atoms with Crippen molar-refractivity contribution in [1.82, 2.24) is 10.2 Å². The van der Waals surface area contributed by atoms with Crippen molar-refractivity contribution in [1.29, 1.82) is 0 Å². The van der Waals surface area contributed by atoms with Crippen LogP contribution in [0.5, 0.6) is 5.75 Å². The van der Waals surface area contributed by atoms with Crippen LogP contribution in [0, 0.1) is 13.8 Å². The molecule has 1 heterocycles. The minimum Gasteiger partial charge on any atom is -0.496 e. The average molecular weight is 262 g/mol. The Hall–Kier alpha value is -1.06. The van der Waals surface area contributed by atoms with Gasteiger partial charge in [0.25, 0.3) is 0 Å². The lowest BCUT2D eigenvalue weighted by Crippen LogP contribution is -2.30. The van der Waals surface area contributed by atoms with Crippen LogP contribution in [-0.2, 0) is 6.42 Å². The second kappa shape index (κ2) is 6.92. The molecule has 0 atom stereocenters. The monoisotopic (exact) mass is 262 g/mol. The zero-order chi connectivity index (χ0) is 13.7. The molecule has 0 aliphatic carbocycles. The molecule has 1 saturated heterocycles. The Bertz CT molecular complexity index is 409. The van der Waals surface area contributed by atoms with E-state index in [4.69, 9.17) is 4.74 Å². The fraction of sp³-hybridized carbons (Fsp3) is 0.625. The predicted octanol–water partition coefficient (Wildman–Crippen LogP) is 2.15. The van der Waals surface area contributed by atoms with E-state index in [1.54, 1.807) is 7.11 Å². The number of rotatable bonds is 4. The molecular weight excluding hydrogens is 236 g/mol. The number of ether oxygens (including phenoxy) is 1. The topological polar surface area (TPSA) is 24.5 Å². The zero-order valence-corrected chi connectivity index (χ0v) is 12.5. The molecule has 0 radical (unpaired) electrons. The summed E-state index contributed by atoms with van der Waals surface area (Å²) in [7, 11) is 1.77. The normalized spacial score (nSPS) is 17.2. The van der Waals surface area contributed by atoms with Crippen LogP contribution in [-0.4, -0.2) is 44.7 Å². The number of methoxy groups -OCH3 is 1. The Labute approximate surface area is 116 Å². The first-order chi connectivity index (χ1) is 9.20. The Morgan fingerprint density at radius 1 is 1.21 bits per heavy atom. The molecule has 0 saturated carbocycles. The molecule has 1 aromatic rings. The minimum atomic E-state index is 1.07. The van der Waals surface area contributed by atoms with Crippen LogP contribution >= 0.6 is 0 Å². The lowest BCUT2D eigenvalue weighted by molar-refractivity contribution is 0.294. The van der Waals surface area contributed by atoms with Crippen LogP contribution in [0.25, 0.3) is 0 Å². The van der Waals surface area contributed by atoms with Crippen LogP contribution in [0.3, 0.4) is 0 Å². The number of aryl methyl sites for hydroxylation is 2. The SMILES string of the molecule is COc1c(C)cc(C)cc1CCN1CCCNCC1. The molecule has 1 N–H and O–H groups in total. The first kappa shape index (κ1) is 14.4. The predicted molar refractivity (Wildman–Crippen MR) is 80.1 cm³/mol. The maximum absolute atomic E-state index is 5.56. The van der Waals surface area contributed by atoms with Gasteiger partial charge >= 0.3 is 0 Å². The van der Waals surface area contributed by atoms with Gasteiger partial charge < -0.3 is 15.0 Å². The largest absolute Gasteiger partial charge is 0.496 e. The molecule has 2 rings (SSSR count). The number of benzene rings is 1. The third kappa shape index (κ3) is 3.95. The standard InChI is InChI=1S/C16H26N2O/c1-13-11-14(2)16(19-3)15(12-13)5-9-18-8-4-6-17-7-10-18/h11-12,17H,4-10H2,1-3H3. The van der Waals surface area contributed by atoms with E-state index in [9.17, 15) is 0 Å². The van der Waals surface area contributed by atoms with E-state index in [0.717, 1.165) is 38.3 Å². The summed E-state index contributed by atoms with van der Waals surface area (Å²) in [6.45, 7) is 10.1. The van der Waals surface area contributed by atoms with Crippen molar-refractivity contribution >= 4 is 0 Å². The molecule has 0 spiro atoms. The van der Waals surface area contributed by atoms with Crippen molar-refractivity contribution in [2.24, 2.45) is 0 Å². The third-order valence-corrected chi connectivity index (χ3v) is 3.83. The number of hydrogen-bond donors (Lipinski definition) is 1. The molecular formula is C16H26N2O. The van der Waals surface area contributed by atoms with Crippen molar-refractivity contribution in [2.75, 3.05) is 39.8 Å². The van der Waals surface area contributed by atoms with Crippen LogP contribution in [0.2, 0.25) is 0 Å². The van der Waals surface area contributed by atoms with Gasteiger partial charge in [-0.1, -0.05) is 17.7 Å². The molecule has 0 aromatic heterocycles. The van der Waals surface area contributed by atoms with Crippen molar-refractivity contribution < 1.29 is 4.74 Å². The highest BCUT2D eigenvalue weighted by Crippen LogP contribution is 2.25. The van der Waals surface area contributed by atoms with Crippen LogP contribution in [0.15, 0.2) is 12.1 Å². The molecule has 0 unspecified atom stereocenters. The third-order valence-electron chi connectivity index (χ3n) is 3.83. The summed E-state index contributed by atoms with van der Waals surface area (Å²) >= 11 is 0. The zero-order valence-electron chi connectivity index (χ0n) is 12.5. The summed E-state index contributed by atoms with van der Waals surface area (Å²) in [4.78, 5) is 2.55. The van der Waals surface area contributed by atoms with Gasteiger partial charge in [-0.25, -0.2) is 0 Å². The number of nitrogens with zero attached hydrogens (tertiary/aromatic N) is 1. The maximum atomic E-state index is 5.56. The van der Waals surface area contributed by atoms with E-state index in [1.807, 2.05) is 0 Å². The second-order valence-corrected chi connectivity index (χ2v) is 5.47. The average Bonchev–Trinajstić information content (AvgIpc) is 2.64. The Morgan fingerprint density at radius 2 is 2.05 bits per heavy atom. The van der Waals surface area contributed by atoms with Gasteiger partial charge in [0.15, 0.2) is 0 Å². The molecule has 1 fully saturated rings. The summed E-state index contributed by atoms with van der Waals surface area (Å²) in [5.74, 6) is 1.07. The molecule has 106 valence electrons. The molecule has 19 heavy (non-hydrogen) atoms. The van der Waals surface area contributed by atoms with Crippen LogP contribution < -0.4 is 10.1 Å². The summed E-state index contributed by atoms with van der Waals surface area (Å²) in [5, 5.41) is 3.45. The molecule has 1 aliphatic rings. The highest BCUT2D eigenvalue weighted by molar-refractivity contribution is 5.43.